The molecule has 30 heavy (non-hydrogen) atoms. The first kappa shape index (κ1) is 21.6. The van der Waals surface area contributed by atoms with Gasteiger partial charge in [0, 0.05) is 18.2 Å². The van der Waals surface area contributed by atoms with Crippen molar-refractivity contribution in [3.63, 3.8) is 0 Å². The van der Waals surface area contributed by atoms with Crippen LogP contribution in [0.1, 0.15) is 16.2 Å². The number of alkyl halides is 3. The van der Waals surface area contributed by atoms with Crippen molar-refractivity contribution in [3.8, 4) is 11.4 Å². The molecule has 0 N–H and O–H groups in total. The van der Waals surface area contributed by atoms with E-state index in [9.17, 15) is 30.8 Å². The summed E-state index contributed by atoms with van der Waals surface area (Å²) in [5.74, 6) is -3.37. The second kappa shape index (κ2) is 7.95. The number of hydrogen-bond acceptors (Lipinski definition) is 6. The van der Waals surface area contributed by atoms with Gasteiger partial charge in [-0.05, 0) is 12.1 Å². The molecule has 0 saturated carbocycles. The SMILES string of the molecule is CN(CC(=O)c1ccc(-c2noc(C(F)(F)F)n2)cc1)S(=O)(=O)c1ccccc1F. The lowest BCUT2D eigenvalue weighted by Crippen LogP contribution is -2.32. The van der Waals surface area contributed by atoms with Gasteiger partial charge in [0.15, 0.2) is 5.78 Å². The summed E-state index contributed by atoms with van der Waals surface area (Å²) in [6.45, 7) is -0.573. The van der Waals surface area contributed by atoms with Gasteiger partial charge in [0.25, 0.3) is 0 Å². The maximum absolute atomic E-state index is 13.8. The third-order valence-electron chi connectivity index (χ3n) is 4.02. The Morgan fingerprint density at radius 2 is 1.73 bits per heavy atom. The fourth-order valence-electron chi connectivity index (χ4n) is 2.46. The van der Waals surface area contributed by atoms with E-state index in [1.165, 1.54) is 36.4 Å². The van der Waals surface area contributed by atoms with Crippen LogP contribution in [0.2, 0.25) is 0 Å². The minimum atomic E-state index is -4.78. The molecule has 12 heteroatoms. The molecule has 0 spiro atoms. The van der Waals surface area contributed by atoms with Gasteiger partial charge in [-0.15, -0.1) is 0 Å². The number of Topliss-reactive ketones (excluding diaryl/α,β-unsaturated/α-hetero) is 1. The van der Waals surface area contributed by atoms with Crippen LogP contribution >= 0.6 is 0 Å². The highest BCUT2D eigenvalue weighted by molar-refractivity contribution is 7.89. The van der Waals surface area contributed by atoms with Crippen LogP contribution in [-0.2, 0) is 16.2 Å². The fourth-order valence-corrected chi connectivity index (χ4v) is 3.65. The van der Waals surface area contributed by atoms with Gasteiger partial charge < -0.3 is 4.52 Å². The van der Waals surface area contributed by atoms with Gasteiger partial charge in [-0.25, -0.2) is 12.8 Å². The topological polar surface area (TPSA) is 93.4 Å². The Balaban J connectivity index is 1.75. The molecule has 0 aliphatic heterocycles. The Morgan fingerprint density at radius 3 is 2.30 bits per heavy atom. The van der Waals surface area contributed by atoms with E-state index in [1.54, 1.807) is 0 Å². The minimum absolute atomic E-state index is 0.0915. The van der Waals surface area contributed by atoms with Gasteiger partial charge >= 0.3 is 12.1 Å². The van der Waals surface area contributed by atoms with Crippen LogP contribution in [0.15, 0.2) is 57.9 Å². The van der Waals surface area contributed by atoms with E-state index < -0.39 is 45.1 Å². The molecule has 0 amide bonds. The Bertz CT molecular complexity index is 1170. The van der Waals surface area contributed by atoms with E-state index in [2.05, 4.69) is 14.7 Å². The number of aromatic nitrogens is 2. The van der Waals surface area contributed by atoms with Gasteiger partial charge in [0.1, 0.15) is 10.7 Å². The summed E-state index contributed by atoms with van der Waals surface area (Å²) in [7, 11) is -3.11. The minimum Gasteiger partial charge on any atom is -0.329 e. The molecule has 0 unspecified atom stereocenters. The van der Waals surface area contributed by atoms with E-state index in [-0.39, 0.29) is 17.0 Å². The standard InChI is InChI=1S/C18H13F4N3O4S/c1-25(30(27,28)15-5-3-2-4-13(15)19)10-14(26)11-6-8-12(9-7-11)16-23-17(29-24-16)18(20,21)22/h2-9H,10H2,1H3. The molecular weight excluding hydrogens is 430 g/mol. The highest BCUT2D eigenvalue weighted by Gasteiger charge is 2.38. The van der Waals surface area contributed by atoms with Gasteiger partial charge in [0.2, 0.25) is 15.8 Å². The van der Waals surface area contributed by atoms with E-state index in [1.807, 2.05) is 0 Å². The largest absolute Gasteiger partial charge is 0.471 e. The van der Waals surface area contributed by atoms with Crippen LogP contribution < -0.4 is 0 Å². The average molecular weight is 443 g/mol. The summed E-state index contributed by atoms with van der Waals surface area (Å²) in [4.78, 5) is 15.1. The lowest BCUT2D eigenvalue weighted by molar-refractivity contribution is -0.159. The number of ketones is 1. The molecule has 158 valence electrons. The molecular formula is C18H13F4N3O4S. The molecule has 7 nitrogen and oxygen atoms in total. The molecule has 0 aliphatic rings. The second-order valence-electron chi connectivity index (χ2n) is 6.11. The number of sulfonamides is 1. The molecule has 3 rings (SSSR count). The second-order valence-corrected chi connectivity index (χ2v) is 8.13. The van der Waals surface area contributed by atoms with E-state index in [0.717, 1.165) is 19.2 Å². The lowest BCUT2D eigenvalue weighted by Gasteiger charge is -2.17. The maximum Gasteiger partial charge on any atom is 0.471 e. The van der Waals surface area contributed by atoms with Gasteiger partial charge in [-0.1, -0.05) is 41.6 Å². The monoisotopic (exact) mass is 443 g/mol. The number of halogens is 4. The van der Waals surface area contributed by atoms with Gasteiger partial charge in [-0.2, -0.15) is 22.5 Å². The van der Waals surface area contributed by atoms with Crippen molar-refractivity contribution in [1.82, 2.24) is 14.4 Å². The zero-order valence-electron chi connectivity index (χ0n) is 15.2. The molecule has 0 atom stereocenters. The Hall–Kier alpha value is -3.12. The average Bonchev–Trinajstić information content (AvgIpc) is 3.19. The quantitative estimate of drug-likeness (QED) is 0.428. The first-order valence-electron chi connectivity index (χ1n) is 8.25. The van der Waals surface area contributed by atoms with Crippen molar-refractivity contribution in [2.24, 2.45) is 0 Å². The zero-order chi connectivity index (χ0) is 22.1. The Kier molecular flexibility index (Phi) is 5.72. The van der Waals surface area contributed by atoms with Crippen molar-refractivity contribution >= 4 is 15.8 Å². The highest BCUT2D eigenvalue weighted by Crippen LogP contribution is 2.29. The first-order chi connectivity index (χ1) is 14.0. The number of hydrogen-bond donors (Lipinski definition) is 0. The molecule has 2 aromatic carbocycles. The smallest absolute Gasteiger partial charge is 0.329 e. The molecule has 0 radical (unpaired) electrons. The van der Waals surface area contributed by atoms with Crippen molar-refractivity contribution in [2.45, 2.75) is 11.1 Å². The number of nitrogens with zero attached hydrogens (tertiary/aromatic N) is 3. The van der Waals surface area contributed by atoms with Crippen LogP contribution in [0.3, 0.4) is 0 Å². The molecule has 0 aliphatic carbocycles. The predicted molar refractivity (Wildman–Crippen MR) is 95.3 cm³/mol. The maximum atomic E-state index is 13.8. The Morgan fingerprint density at radius 1 is 1.10 bits per heavy atom. The van der Waals surface area contributed by atoms with E-state index in [0.29, 0.717) is 4.31 Å². The zero-order valence-corrected chi connectivity index (χ0v) is 16.0. The molecule has 1 heterocycles. The summed E-state index contributed by atoms with van der Waals surface area (Å²) < 4.78 is 81.2. The van der Waals surface area contributed by atoms with Gasteiger partial charge in [-0.3, -0.25) is 4.79 Å². The van der Waals surface area contributed by atoms with Crippen molar-refractivity contribution < 1.29 is 35.3 Å². The lowest BCUT2D eigenvalue weighted by atomic mass is 10.1. The van der Waals surface area contributed by atoms with Gasteiger partial charge in [0.05, 0.1) is 6.54 Å². The number of carbonyl (C=O) groups excluding carboxylic acids is 1. The van der Waals surface area contributed by atoms with Crippen LogP contribution in [0.5, 0.6) is 0 Å². The predicted octanol–water partition coefficient (Wildman–Crippen LogP) is 3.40. The first-order valence-corrected chi connectivity index (χ1v) is 9.69. The number of carbonyl (C=O) groups is 1. The number of likely N-dealkylation sites (N-methyl/N-ethyl adjacent to an activating group) is 1. The third kappa shape index (κ3) is 4.39. The highest BCUT2D eigenvalue weighted by atomic mass is 32.2. The van der Waals surface area contributed by atoms with Crippen LogP contribution in [0.25, 0.3) is 11.4 Å². The van der Waals surface area contributed by atoms with Crippen LogP contribution in [-0.4, -0.2) is 42.2 Å². The van der Waals surface area contributed by atoms with Crippen LogP contribution in [0.4, 0.5) is 17.6 Å². The summed E-state index contributed by atoms with van der Waals surface area (Å²) in [5.41, 5.74) is 0.256. The fraction of sp³-hybridized carbons (Fsp3) is 0.167. The van der Waals surface area contributed by atoms with Crippen molar-refractivity contribution in [2.75, 3.05) is 13.6 Å². The normalized spacial score (nSPS) is 12.3. The molecule has 1 aromatic heterocycles. The summed E-state index contributed by atoms with van der Waals surface area (Å²) in [5, 5.41) is 3.24. The Labute approximate surface area is 168 Å². The molecule has 0 fully saturated rings. The van der Waals surface area contributed by atoms with Crippen molar-refractivity contribution in [1.29, 1.82) is 0 Å². The number of rotatable bonds is 6. The summed E-state index contributed by atoms with van der Waals surface area (Å²) >= 11 is 0. The summed E-state index contributed by atoms with van der Waals surface area (Å²) in [6.07, 6.45) is -4.78. The number of benzene rings is 2. The van der Waals surface area contributed by atoms with E-state index >= 15 is 0 Å². The summed E-state index contributed by atoms with van der Waals surface area (Å²) in [6, 6.07) is 9.92. The van der Waals surface area contributed by atoms with E-state index in [4.69, 9.17) is 0 Å². The van der Waals surface area contributed by atoms with Crippen molar-refractivity contribution in [3.05, 3.63) is 65.8 Å². The molecule has 0 saturated heterocycles. The third-order valence-corrected chi connectivity index (χ3v) is 5.86. The van der Waals surface area contributed by atoms with Crippen LogP contribution in [0, 0.1) is 5.82 Å². The molecule has 0 bridgehead atoms. The molecule has 3 aromatic rings.